The molecule has 0 bridgehead atoms. The van der Waals surface area contributed by atoms with Crippen molar-refractivity contribution in [3.63, 3.8) is 0 Å². The first-order chi connectivity index (χ1) is 25.6. The van der Waals surface area contributed by atoms with Gasteiger partial charge >= 0.3 is 12.2 Å². The highest BCUT2D eigenvalue weighted by atomic mass is 79.9. The molecule has 0 aliphatic carbocycles. The molecule has 4 heterocycles. The van der Waals surface area contributed by atoms with Gasteiger partial charge in [-0.25, -0.2) is 9.78 Å². The van der Waals surface area contributed by atoms with Crippen LogP contribution in [0.2, 0.25) is 0 Å². The number of carbonyl (C=O) groups excluding carboxylic acids is 2. The molecule has 1 fully saturated rings. The molecule has 288 valence electrons. The minimum atomic E-state index is -4.55. The summed E-state index contributed by atoms with van der Waals surface area (Å²) in [4.78, 5) is 38.0. The lowest BCUT2D eigenvalue weighted by atomic mass is 9.85. The number of benzene rings is 2. The van der Waals surface area contributed by atoms with E-state index in [4.69, 9.17) is 18.9 Å². The third-order valence-electron chi connectivity index (χ3n) is 9.48. The molecule has 0 radical (unpaired) electrons. The normalized spacial score (nSPS) is 17.9. The molecule has 54 heavy (non-hydrogen) atoms. The SMILES string of the molecule is C=C1C=C(C(F)(F)F)c2cc3c(cc2O1)N(CCOCC(=O)N1CCO[C@H](COc2cc(C)c(Br)cc2NC(=O)Nc2cnc(C)cn2)C1)C(C)(C)CC3. The van der Waals surface area contributed by atoms with E-state index in [1.54, 1.807) is 42.3 Å². The predicted octanol–water partition coefficient (Wildman–Crippen LogP) is 7.21. The van der Waals surface area contributed by atoms with Crippen molar-refractivity contribution >= 4 is 50.6 Å². The average molecular weight is 816 g/mol. The average Bonchev–Trinajstić information content (AvgIpc) is 3.11. The lowest BCUT2D eigenvalue weighted by Crippen LogP contribution is -2.50. The van der Waals surface area contributed by atoms with Gasteiger partial charge in [-0.2, -0.15) is 13.2 Å². The first kappa shape index (κ1) is 39.0. The van der Waals surface area contributed by atoms with E-state index < -0.39 is 23.9 Å². The lowest BCUT2D eigenvalue weighted by Gasteiger charge is -2.45. The van der Waals surface area contributed by atoms with Crippen LogP contribution < -0.4 is 25.0 Å². The maximum atomic E-state index is 13.8. The van der Waals surface area contributed by atoms with Gasteiger partial charge in [0, 0.05) is 40.4 Å². The smallest absolute Gasteiger partial charge is 0.417 e. The second-order valence-corrected chi connectivity index (χ2v) is 14.8. The maximum Gasteiger partial charge on any atom is 0.417 e. The fourth-order valence-electron chi connectivity index (χ4n) is 6.56. The Morgan fingerprint density at radius 1 is 1.13 bits per heavy atom. The van der Waals surface area contributed by atoms with E-state index in [2.05, 4.69) is 61.9 Å². The molecule has 0 unspecified atom stereocenters. The zero-order valence-electron chi connectivity index (χ0n) is 30.4. The number of anilines is 3. The van der Waals surface area contributed by atoms with Crippen molar-refractivity contribution in [3.8, 4) is 11.5 Å². The van der Waals surface area contributed by atoms with Gasteiger partial charge in [0.15, 0.2) is 5.82 Å². The Kier molecular flexibility index (Phi) is 11.5. The number of fused-ring (bicyclic) bond motifs is 2. The number of halogens is 4. The molecule has 3 aliphatic heterocycles. The Bertz CT molecular complexity index is 1950. The van der Waals surface area contributed by atoms with Crippen molar-refractivity contribution in [1.82, 2.24) is 14.9 Å². The van der Waals surface area contributed by atoms with Gasteiger partial charge in [-0.05, 0) is 75.9 Å². The van der Waals surface area contributed by atoms with E-state index >= 15 is 0 Å². The van der Waals surface area contributed by atoms with Crippen molar-refractivity contribution < 1.29 is 41.7 Å². The molecule has 0 saturated carbocycles. The zero-order valence-corrected chi connectivity index (χ0v) is 32.0. The van der Waals surface area contributed by atoms with Crippen molar-refractivity contribution in [1.29, 1.82) is 0 Å². The summed E-state index contributed by atoms with van der Waals surface area (Å²) in [5.41, 5.74) is 2.51. The number of nitrogens with one attached hydrogen (secondary N) is 2. The fraction of sp³-hybridized carbons (Fsp3) is 0.421. The Hall–Kier alpha value is -4.67. The van der Waals surface area contributed by atoms with Crippen LogP contribution in [0.25, 0.3) is 5.57 Å². The Labute approximate surface area is 319 Å². The molecule has 6 rings (SSSR count). The molecule has 1 saturated heterocycles. The number of nitrogens with zero attached hydrogens (tertiary/aromatic N) is 4. The Morgan fingerprint density at radius 2 is 1.93 bits per heavy atom. The van der Waals surface area contributed by atoms with Gasteiger partial charge in [0.2, 0.25) is 5.91 Å². The second kappa shape index (κ2) is 16.0. The number of alkyl halides is 3. The standard InChI is InChI=1S/C38H42BrF3N6O6/c1-22-12-33(30(15-29(22)39)45-36(50)46-34-18-43-23(2)17-44-34)53-20-26-19-47(8-11-52-26)35(49)21-51-10-9-48-31-16-32-27(14-25(31)6-7-37(48,4)5)28(38(40,41)42)13-24(3)54-32/h12-18,26H,3,6-11,19-21H2,1-2,4-5H3,(H2,44,45,46,50)/t26-/m0/s1. The van der Waals surface area contributed by atoms with E-state index in [1.807, 2.05) is 6.92 Å². The number of amides is 3. The quantitative estimate of drug-likeness (QED) is 0.204. The molecule has 3 aliphatic rings. The van der Waals surface area contributed by atoms with Crippen LogP contribution in [0.3, 0.4) is 0 Å². The summed E-state index contributed by atoms with van der Waals surface area (Å²) in [5, 5.41) is 5.44. The Balaban J connectivity index is 1.02. The molecule has 1 aromatic heterocycles. The van der Waals surface area contributed by atoms with Gasteiger partial charge in [-0.3, -0.25) is 15.1 Å². The second-order valence-electron chi connectivity index (χ2n) is 14.0. The molecule has 3 amide bonds. The molecule has 0 spiro atoms. The van der Waals surface area contributed by atoms with Crippen molar-refractivity contribution in [2.75, 3.05) is 61.6 Å². The molecular weight excluding hydrogens is 773 g/mol. The van der Waals surface area contributed by atoms with Crippen LogP contribution in [-0.4, -0.2) is 90.7 Å². The number of aromatic nitrogens is 2. The molecule has 2 aromatic carbocycles. The highest BCUT2D eigenvalue weighted by Gasteiger charge is 2.41. The minimum absolute atomic E-state index is 0.00504. The first-order valence-electron chi connectivity index (χ1n) is 17.4. The van der Waals surface area contributed by atoms with E-state index in [0.29, 0.717) is 43.4 Å². The first-order valence-corrected chi connectivity index (χ1v) is 18.2. The van der Waals surface area contributed by atoms with Gasteiger partial charge in [-0.1, -0.05) is 22.5 Å². The summed E-state index contributed by atoms with van der Waals surface area (Å²) >= 11 is 3.50. The van der Waals surface area contributed by atoms with Gasteiger partial charge in [0.25, 0.3) is 0 Å². The number of morpholine rings is 1. The summed E-state index contributed by atoms with van der Waals surface area (Å²) in [6.45, 7) is 13.0. The molecule has 1 atom stereocenters. The third kappa shape index (κ3) is 9.16. The monoisotopic (exact) mass is 814 g/mol. The minimum Gasteiger partial charge on any atom is -0.489 e. The van der Waals surface area contributed by atoms with Crippen molar-refractivity contribution in [2.45, 2.75) is 58.4 Å². The topological polar surface area (TPSA) is 127 Å². The predicted molar refractivity (Wildman–Crippen MR) is 201 cm³/mol. The maximum absolute atomic E-state index is 13.8. The summed E-state index contributed by atoms with van der Waals surface area (Å²) in [7, 11) is 0. The molecule has 3 aromatic rings. The van der Waals surface area contributed by atoms with Crippen LogP contribution in [0, 0.1) is 13.8 Å². The van der Waals surface area contributed by atoms with E-state index in [0.717, 1.165) is 39.5 Å². The number of ether oxygens (including phenoxy) is 4. The number of carbonyl (C=O) groups is 2. The van der Waals surface area contributed by atoms with E-state index in [9.17, 15) is 22.8 Å². The number of hydrogen-bond acceptors (Lipinski definition) is 9. The van der Waals surface area contributed by atoms with Gasteiger partial charge in [0.1, 0.15) is 36.6 Å². The fourth-order valence-corrected chi connectivity index (χ4v) is 6.91. The summed E-state index contributed by atoms with van der Waals surface area (Å²) in [5.74, 6) is 0.551. The molecule has 12 nitrogen and oxygen atoms in total. The van der Waals surface area contributed by atoms with Crippen LogP contribution in [0.4, 0.5) is 35.2 Å². The van der Waals surface area contributed by atoms with Crippen molar-refractivity contribution in [3.05, 3.63) is 81.9 Å². The van der Waals surface area contributed by atoms with Crippen LogP contribution in [0.15, 0.2) is 59.5 Å². The lowest BCUT2D eigenvalue weighted by molar-refractivity contribution is -0.144. The van der Waals surface area contributed by atoms with E-state index in [1.165, 1.54) is 6.20 Å². The number of hydrogen-bond donors (Lipinski definition) is 2. The molecule has 16 heteroatoms. The number of allylic oxidation sites excluding steroid dienone is 2. The van der Waals surface area contributed by atoms with Gasteiger partial charge in [0.05, 0.1) is 49.1 Å². The Morgan fingerprint density at radius 3 is 2.67 bits per heavy atom. The summed E-state index contributed by atoms with van der Waals surface area (Å²) in [6.07, 6.45) is 0.291. The van der Waals surface area contributed by atoms with Crippen molar-refractivity contribution in [2.24, 2.45) is 0 Å². The number of aryl methyl sites for hydroxylation is 3. The summed E-state index contributed by atoms with van der Waals surface area (Å²) in [6, 6.07) is 6.23. The number of rotatable bonds is 10. The van der Waals surface area contributed by atoms with E-state index in [-0.39, 0.29) is 54.9 Å². The van der Waals surface area contributed by atoms with Crippen LogP contribution >= 0.6 is 15.9 Å². The molecular formula is C38H42BrF3N6O6. The third-order valence-corrected chi connectivity index (χ3v) is 10.3. The molecule has 2 N–H and O–H groups in total. The highest BCUT2D eigenvalue weighted by molar-refractivity contribution is 9.10. The van der Waals surface area contributed by atoms with Gasteiger partial charge in [-0.15, -0.1) is 0 Å². The van der Waals surface area contributed by atoms with Gasteiger partial charge < -0.3 is 34.1 Å². The van der Waals surface area contributed by atoms with Crippen LogP contribution in [0.5, 0.6) is 11.5 Å². The number of urea groups is 1. The van der Waals surface area contributed by atoms with Crippen LogP contribution in [0.1, 0.15) is 42.7 Å². The zero-order chi connectivity index (χ0) is 38.8. The highest BCUT2D eigenvalue weighted by Crippen LogP contribution is 2.47. The summed E-state index contributed by atoms with van der Waals surface area (Å²) < 4.78 is 65.9. The largest absolute Gasteiger partial charge is 0.489 e. The van der Waals surface area contributed by atoms with Crippen LogP contribution in [-0.2, 0) is 20.7 Å².